The van der Waals surface area contributed by atoms with Crippen molar-refractivity contribution in [3.05, 3.63) is 35.1 Å². The highest BCUT2D eigenvalue weighted by molar-refractivity contribution is 5.97. The predicted octanol–water partition coefficient (Wildman–Crippen LogP) is 3.33. The Labute approximate surface area is 108 Å². The summed E-state index contributed by atoms with van der Waals surface area (Å²) in [6, 6.07) is 4.29. The van der Waals surface area contributed by atoms with E-state index in [1.54, 1.807) is 13.0 Å². The molecule has 2 N–H and O–H groups in total. The number of halogens is 1. The molecule has 100 valence electrons. The molecule has 0 aliphatic carbocycles. The molecule has 0 heterocycles. The maximum absolute atomic E-state index is 13.0. The van der Waals surface area contributed by atoms with Gasteiger partial charge in [-0.15, -0.1) is 0 Å². The van der Waals surface area contributed by atoms with Crippen molar-refractivity contribution >= 4 is 5.78 Å². The molecule has 0 aliphatic heterocycles. The largest absolute Gasteiger partial charge is 0.330 e. The highest BCUT2D eigenvalue weighted by Crippen LogP contribution is 2.19. The first kappa shape index (κ1) is 14.8. The Morgan fingerprint density at radius 1 is 1.39 bits per heavy atom. The van der Waals surface area contributed by atoms with Crippen LogP contribution in [0, 0.1) is 24.6 Å². The lowest BCUT2D eigenvalue weighted by molar-refractivity contribution is 0.0957. The number of rotatable bonds is 6. The van der Waals surface area contributed by atoms with Crippen molar-refractivity contribution < 1.29 is 9.18 Å². The zero-order chi connectivity index (χ0) is 13.7. The molecule has 1 aromatic rings. The molecule has 2 nitrogen and oxygen atoms in total. The highest BCUT2D eigenvalue weighted by atomic mass is 19.1. The number of carbonyl (C=O) groups excluding carboxylic acids is 1. The number of carbonyl (C=O) groups is 1. The zero-order valence-electron chi connectivity index (χ0n) is 11.4. The Morgan fingerprint density at radius 3 is 2.56 bits per heavy atom. The van der Waals surface area contributed by atoms with Crippen LogP contribution in [-0.4, -0.2) is 12.3 Å². The van der Waals surface area contributed by atoms with Gasteiger partial charge in [0.1, 0.15) is 5.82 Å². The van der Waals surface area contributed by atoms with E-state index in [2.05, 4.69) is 13.8 Å². The highest BCUT2D eigenvalue weighted by Gasteiger charge is 2.17. The first-order chi connectivity index (χ1) is 8.43. The molecule has 0 saturated heterocycles. The van der Waals surface area contributed by atoms with Crippen molar-refractivity contribution in [1.29, 1.82) is 0 Å². The van der Waals surface area contributed by atoms with E-state index in [9.17, 15) is 9.18 Å². The van der Waals surface area contributed by atoms with E-state index >= 15 is 0 Å². The van der Waals surface area contributed by atoms with Gasteiger partial charge in [-0.2, -0.15) is 0 Å². The lowest BCUT2D eigenvalue weighted by Crippen LogP contribution is -2.20. The fourth-order valence-electron chi connectivity index (χ4n) is 2.24. The standard InChI is InChI=1S/C15H22FNO/c1-10(2)6-12(9-17)8-15(18)14-5-4-13(16)7-11(14)3/h4-5,7,10,12H,6,8-9,17H2,1-3H3. The van der Waals surface area contributed by atoms with Crippen molar-refractivity contribution in [1.82, 2.24) is 0 Å². The van der Waals surface area contributed by atoms with E-state index in [0.717, 1.165) is 6.42 Å². The summed E-state index contributed by atoms with van der Waals surface area (Å²) in [5.41, 5.74) is 7.00. The topological polar surface area (TPSA) is 43.1 Å². The Hall–Kier alpha value is -1.22. The summed E-state index contributed by atoms with van der Waals surface area (Å²) in [6.07, 6.45) is 1.39. The van der Waals surface area contributed by atoms with Crippen molar-refractivity contribution in [3.63, 3.8) is 0 Å². The number of Topliss-reactive ketones (excluding diaryl/α,β-unsaturated/α-hetero) is 1. The van der Waals surface area contributed by atoms with Crippen LogP contribution in [0.4, 0.5) is 4.39 Å². The lowest BCUT2D eigenvalue weighted by atomic mass is 9.90. The molecule has 1 aromatic carbocycles. The second-order valence-corrected chi connectivity index (χ2v) is 5.32. The summed E-state index contributed by atoms with van der Waals surface area (Å²) >= 11 is 0. The van der Waals surface area contributed by atoms with Gasteiger partial charge in [-0.25, -0.2) is 4.39 Å². The molecule has 0 aromatic heterocycles. The molecular formula is C15H22FNO. The zero-order valence-corrected chi connectivity index (χ0v) is 11.4. The van der Waals surface area contributed by atoms with Gasteiger partial charge in [0.2, 0.25) is 0 Å². The fraction of sp³-hybridized carbons (Fsp3) is 0.533. The average molecular weight is 251 g/mol. The summed E-state index contributed by atoms with van der Waals surface area (Å²) in [4.78, 5) is 12.1. The van der Waals surface area contributed by atoms with Crippen molar-refractivity contribution in [2.75, 3.05) is 6.54 Å². The van der Waals surface area contributed by atoms with Crippen LogP contribution in [0.1, 0.15) is 42.6 Å². The second-order valence-electron chi connectivity index (χ2n) is 5.32. The van der Waals surface area contributed by atoms with Crippen LogP contribution in [-0.2, 0) is 0 Å². The van der Waals surface area contributed by atoms with E-state index in [1.165, 1.54) is 12.1 Å². The summed E-state index contributed by atoms with van der Waals surface area (Å²) in [7, 11) is 0. The first-order valence-corrected chi connectivity index (χ1v) is 6.43. The first-order valence-electron chi connectivity index (χ1n) is 6.43. The molecule has 3 heteroatoms. The Kier molecular flexibility index (Phi) is 5.48. The van der Waals surface area contributed by atoms with E-state index < -0.39 is 0 Å². The Bertz CT molecular complexity index is 415. The third-order valence-corrected chi connectivity index (χ3v) is 3.10. The maximum atomic E-state index is 13.0. The Balaban J connectivity index is 2.74. The van der Waals surface area contributed by atoms with Crippen LogP contribution >= 0.6 is 0 Å². The predicted molar refractivity (Wildman–Crippen MR) is 72.1 cm³/mol. The van der Waals surface area contributed by atoms with Crippen molar-refractivity contribution in [2.45, 2.75) is 33.6 Å². The van der Waals surface area contributed by atoms with Crippen LogP contribution in [0.3, 0.4) is 0 Å². The molecule has 1 unspecified atom stereocenters. The molecule has 0 aliphatic rings. The fourth-order valence-corrected chi connectivity index (χ4v) is 2.24. The number of ketones is 1. The average Bonchev–Trinajstić information content (AvgIpc) is 2.27. The molecule has 0 radical (unpaired) electrons. The quantitative estimate of drug-likeness (QED) is 0.788. The molecule has 1 rings (SSSR count). The molecule has 0 spiro atoms. The van der Waals surface area contributed by atoms with E-state index in [-0.39, 0.29) is 17.5 Å². The van der Waals surface area contributed by atoms with Gasteiger partial charge >= 0.3 is 0 Å². The van der Waals surface area contributed by atoms with E-state index in [1.807, 2.05) is 0 Å². The molecule has 1 atom stereocenters. The van der Waals surface area contributed by atoms with Crippen molar-refractivity contribution in [3.8, 4) is 0 Å². The molecule has 0 saturated carbocycles. The number of hydrogen-bond acceptors (Lipinski definition) is 2. The van der Waals surface area contributed by atoms with Gasteiger partial charge < -0.3 is 5.73 Å². The Morgan fingerprint density at radius 2 is 2.06 bits per heavy atom. The minimum atomic E-state index is -0.304. The second kappa shape index (κ2) is 6.64. The summed E-state index contributed by atoms with van der Waals surface area (Å²) in [5.74, 6) is 0.493. The van der Waals surface area contributed by atoms with Crippen molar-refractivity contribution in [2.24, 2.45) is 17.6 Å². The van der Waals surface area contributed by atoms with E-state index in [0.29, 0.717) is 30.0 Å². The normalized spacial score (nSPS) is 12.8. The summed E-state index contributed by atoms with van der Waals surface area (Å²) in [6.45, 7) is 6.52. The third kappa shape index (κ3) is 4.22. The smallest absolute Gasteiger partial charge is 0.163 e. The molecule has 0 bridgehead atoms. The monoisotopic (exact) mass is 251 g/mol. The number of nitrogens with two attached hydrogens (primary N) is 1. The number of hydrogen-bond donors (Lipinski definition) is 1. The maximum Gasteiger partial charge on any atom is 0.163 e. The van der Waals surface area contributed by atoms with Gasteiger partial charge in [-0.3, -0.25) is 4.79 Å². The minimum absolute atomic E-state index is 0.0589. The molecule has 18 heavy (non-hydrogen) atoms. The van der Waals surface area contributed by atoms with Crippen LogP contribution < -0.4 is 5.73 Å². The van der Waals surface area contributed by atoms with Gasteiger partial charge in [0.15, 0.2) is 5.78 Å². The van der Waals surface area contributed by atoms with Gasteiger partial charge in [0.25, 0.3) is 0 Å². The van der Waals surface area contributed by atoms with Gasteiger partial charge in [-0.1, -0.05) is 13.8 Å². The van der Waals surface area contributed by atoms with Crippen LogP contribution in [0.2, 0.25) is 0 Å². The van der Waals surface area contributed by atoms with Crippen LogP contribution in [0.5, 0.6) is 0 Å². The van der Waals surface area contributed by atoms with E-state index in [4.69, 9.17) is 5.73 Å². The van der Waals surface area contributed by atoms with Gasteiger partial charge in [0, 0.05) is 12.0 Å². The summed E-state index contributed by atoms with van der Waals surface area (Å²) < 4.78 is 13.0. The third-order valence-electron chi connectivity index (χ3n) is 3.10. The molecule has 0 amide bonds. The van der Waals surface area contributed by atoms with Gasteiger partial charge in [0.05, 0.1) is 0 Å². The number of aryl methyl sites for hydroxylation is 1. The molecular weight excluding hydrogens is 229 g/mol. The van der Waals surface area contributed by atoms with Crippen LogP contribution in [0.25, 0.3) is 0 Å². The molecule has 0 fully saturated rings. The SMILES string of the molecule is Cc1cc(F)ccc1C(=O)CC(CN)CC(C)C. The van der Waals surface area contributed by atoms with Crippen LogP contribution in [0.15, 0.2) is 18.2 Å². The van der Waals surface area contributed by atoms with Gasteiger partial charge in [-0.05, 0) is 55.5 Å². The number of benzene rings is 1. The minimum Gasteiger partial charge on any atom is -0.330 e. The summed E-state index contributed by atoms with van der Waals surface area (Å²) in [5, 5.41) is 0. The lowest BCUT2D eigenvalue weighted by Gasteiger charge is -2.16.